The maximum absolute atomic E-state index is 12.6. The Balaban J connectivity index is 1.99. The van der Waals surface area contributed by atoms with Crippen molar-refractivity contribution in [1.82, 2.24) is 9.88 Å². The van der Waals surface area contributed by atoms with Crippen molar-refractivity contribution in [2.24, 2.45) is 0 Å². The molecule has 1 aromatic carbocycles. The number of para-hydroxylation sites is 1. The predicted molar refractivity (Wildman–Crippen MR) is 97.9 cm³/mol. The van der Waals surface area contributed by atoms with Gasteiger partial charge in [0.15, 0.2) is 6.61 Å². The Hall–Kier alpha value is -2.60. The number of rotatable bonds is 9. The highest BCUT2D eigenvalue weighted by Crippen LogP contribution is 2.23. The molecule has 0 radical (unpaired) electrons. The predicted octanol–water partition coefficient (Wildman–Crippen LogP) is 3.10. The number of nitrogens with zero attached hydrogens (tertiary/aromatic N) is 2. The van der Waals surface area contributed by atoms with E-state index < -0.39 is 0 Å². The molecule has 7 heteroatoms. The third kappa shape index (κ3) is 6.37. The van der Waals surface area contributed by atoms with Crippen LogP contribution in [-0.4, -0.2) is 41.5 Å². The van der Waals surface area contributed by atoms with Gasteiger partial charge in [-0.05, 0) is 30.7 Å². The highest BCUT2D eigenvalue weighted by Gasteiger charge is 2.17. The summed E-state index contributed by atoms with van der Waals surface area (Å²) in [5.41, 5.74) is 0.863. The fourth-order valence-corrected chi connectivity index (χ4v) is 2.45. The van der Waals surface area contributed by atoms with Gasteiger partial charge in [-0.1, -0.05) is 29.8 Å². The van der Waals surface area contributed by atoms with Gasteiger partial charge in [-0.15, -0.1) is 0 Å². The maximum atomic E-state index is 12.6. The van der Waals surface area contributed by atoms with Crippen LogP contribution in [0.1, 0.15) is 18.9 Å². The summed E-state index contributed by atoms with van der Waals surface area (Å²) in [6.07, 6.45) is 3.46. The molecule has 6 nitrogen and oxygen atoms in total. The van der Waals surface area contributed by atoms with Gasteiger partial charge in [-0.3, -0.25) is 14.6 Å². The molecule has 0 unspecified atom stereocenters. The third-order valence-corrected chi connectivity index (χ3v) is 3.84. The Morgan fingerprint density at radius 3 is 2.69 bits per heavy atom. The second kappa shape index (κ2) is 10.4. The van der Waals surface area contributed by atoms with Crippen LogP contribution >= 0.6 is 11.6 Å². The first kappa shape index (κ1) is 19.7. The van der Waals surface area contributed by atoms with Crippen molar-refractivity contribution >= 4 is 23.5 Å². The van der Waals surface area contributed by atoms with Gasteiger partial charge in [0.1, 0.15) is 5.75 Å². The van der Waals surface area contributed by atoms with E-state index in [0.29, 0.717) is 23.9 Å². The van der Waals surface area contributed by atoms with E-state index in [-0.39, 0.29) is 31.4 Å². The molecule has 0 aliphatic heterocycles. The molecule has 0 atom stereocenters. The van der Waals surface area contributed by atoms with Gasteiger partial charge < -0.3 is 14.4 Å². The Morgan fingerprint density at radius 2 is 2.00 bits per heavy atom. The molecule has 1 heterocycles. The molecule has 0 bridgehead atoms. The molecule has 1 aromatic heterocycles. The van der Waals surface area contributed by atoms with E-state index in [4.69, 9.17) is 21.1 Å². The number of benzene rings is 1. The molecule has 138 valence electrons. The van der Waals surface area contributed by atoms with Crippen LogP contribution in [0.15, 0.2) is 48.8 Å². The van der Waals surface area contributed by atoms with Crippen LogP contribution in [0, 0.1) is 0 Å². The standard InChI is InChI=1S/C19H21ClN2O4/c1-2-25-19(24)9-11-22(13-15-6-5-10-21-12-15)18(23)14-26-17-8-4-3-7-16(17)20/h3-8,10,12H,2,9,11,13-14H2,1H3. The lowest BCUT2D eigenvalue weighted by molar-refractivity contribution is -0.144. The van der Waals surface area contributed by atoms with Crippen molar-refractivity contribution in [3.05, 3.63) is 59.4 Å². The monoisotopic (exact) mass is 376 g/mol. The molecule has 0 aliphatic carbocycles. The zero-order valence-corrected chi connectivity index (χ0v) is 15.3. The number of halogens is 1. The minimum Gasteiger partial charge on any atom is -0.482 e. The van der Waals surface area contributed by atoms with Crippen LogP contribution in [0.2, 0.25) is 5.02 Å². The Morgan fingerprint density at radius 1 is 1.19 bits per heavy atom. The summed E-state index contributed by atoms with van der Waals surface area (Å²) in [6, 6.07) is 10.6. The third-order valence-electron chi connectivity index (χ3n) is 3.53. The minimum absolute atomic E-state index is 0.117. The van der Waals surface area contributed by atoms with Gasteiger partial charge >= 0.3 is 5.97 Å². The average molecular weight is 377 g/mol. The smallest absolute Gasteiger partial charge is 0.307 e. The highest BCUT2D eigenvalue weighted by molar-refractivity contribution is 6.32. The van der Waals surface area contributed by atoms with Gasteiger partial charge in [0.2, 0.25) is 0 Å². The lowest BCUT2D eigenvalue weighted by atomic mass is 10.2. The normalized spacial score (nSPS) is 10.2. The largest absolute Gasteiger partial charge is 0.482 e. The molecule has 0 N–H and O–H groups in total. The van der Waals surface area contributed by atoms with Crippen LogP contribution in [0.3, 0.4) is 0 Å². The molecule has 0 saturated heterocycles. The second-order valence-electron chi connectivity index (χ2n) is 5.45. The van der Waals surface area contributed by atoms with Crippen molar-refractivity contribution in [3.8, 4) is 5.75 Å². The van der Waals surface area contributed by atoms with Crippen molar-refractivity contribution < 1.29 is 19.1 Å². The van der Waals surface area contributed by atoms with Gasteiger partial charge in [0, 0.05) is 25.5 Å². The first-order chi connectivity index (χ1) is 12.6. The molecule has 2 rings (SSSR count). The van der Waals surface area contributed by atoms with Crippen LogP contribution < -0.4 is 4.74 Å². The second-order valence-corrected chi connectivity index (χ2v) is 5.86. The van der Waals surface area contributed by atoms with Crippen molar-refractivity contribution in [2.45, 2.75) is 19.9 Å². The lowest BCUT2D eigenvalue weighted by Gasteiger charge is -2.22. The number of amides is 1. The topological polar surface area (TPSA) is 68.7 Å². The van der Waals surface area contributed by atoms with E-state index in [9.17, 15) is 9.59 Å². The van der Waals surface area contributed by atoms with E-state index in [1.165, 1.54) is 0 Å². The lowest BCUT2D eigenvalue weighted by Crippen LogP contribution is -2.36. The van der Waals surface area contributed by atoms with Gasteiger partial charge in [-0.25, -0.2) is 0 Å². The summed E-state index contributed by atoms with van der Waals surface area (Å²) in [5, 5.41) is 0.436. The van der Waals surface area contributed by atoms with E-state index in [2.05, 4.69) is 4.98 Å². The summed E-state index contributed by atoms with van der Waals surface area (Å²) in [5.74, 6) is -0.157. The van der Waals surface area contributed by atoms with Crippen molar-refractivity contribution in [2.75, 3.05) is 19.8 Å². The van der Waals surface area contributed by atoms with Gasteiger partial charge in [0.05, 0.1) is 18.1 Å². The van der Waals surface area contributed by atoms with E-state index in [1.54, 1.807) is 54.5 Å². The summed E-state index contributed by atoms with van der Waals surface area (Å²) in [7, 11) is 0. The summed E-state index contributed by atoms with van der Waals surface area (Å²) < 4.78 is 10.4. The highest BCUT2D eigenvalue weighted by atomic mass is 35.5. The van der Waals surface area contributed by atoms with Crippen LogP contribution in [0.5, 0.6) is 5.75 Å². The zero-order valence-electron chi connectivity index (χ0n) is 14.6. The maximum Gasteiger partial charge on any atom is 0.307 e. The summed E-state index contributed by atoms with van der Waals surface area (Å²) in [6.45, 7) is 2.45. The van der Waals surface area contributed by atoms with Crippen LogP contribution in [0.25, 0.3) is 0 Å². The fourth-order valence-electron chi connectivity index (χ4n) is 2.26. The molecule has 0 saturated carbocycles. The summed E-state index contributed by atoms with van der Waals surface area (Å²) >= 11 is 6.04. The van der Waals surface area contributed by atoms with Crippen molar-refractivity contribution in [1.29, 1.82) is 0 Å². The van der Waals surface area contributed by atoms with Gasteiger partial charge in [0.25, 0.3) is 5.91 Å². The first-order valence-electron chi connectivity index (χ1n) is 8.29. The molecular weight excluding hydrogens is 356 g/mol. The van der Waals surface area contributed by atoms with Gasteiger partial charge in [-0.2, -0.15) is 0 Å². The van der Waals surface area contributed by atoms with Crippen molar-refractivity contribution in [3.63, 3.8) is 0 Å². The molecular formula is C19H21ClN2O4. The molecule has 2 aromatic rings. The number of pyridine rings is 1. The first-order valence-corrected chi connectivity index (χ1v) is 8.67. The Bertz CT molecular complexity index is 724. The fraction of sp³-hybridized carbons (Fsp3) is 0.316. The Labute approximate surface area is 157 Å². The number of esters is 1. The number of hydrogen-bond donors (Lipinski definition) is 0. The number of carbonyl (C=O) groups excluding carboxylic acids is 2. The Kier molecular flexibility index (Phi) is 7.89. The SMILES string of the molecule is CCOC(=O)CCN(Cc1cccnc1)C(=O)COc1ccccc1Cl. The zero-order chi connectivity index (χ0) is 18.8. The number of hydrogen-bond acceptors (Lipinski definition) is 5. The quantitative estimate of drug-likeness (QED) is 0.629. The molecule has 0 fully saturated rings. The van der Waals surface area contributed by atoms with Crippen LogP contribution in [-0.2, 0) is 20.9 Å². The number of aromatic nitrogens is 1. The van der Waals surface area contributed by atoms with E-state index >= 15 is 0 Å². The van der Waals surface area contributed by atoms with Crippen LogP contribution in [0.4, 0.5) is 0 Å². The summed E-state index contributed by atoms with van der Waals surface area (Å²) in [4.78, 5) is 29.8. The molecule has 26 heavy (non-hydrogen) atoms. The van der Waals surface area contributed by atoms with E-state index in [1.807, 2.05) is 6.07 Å². The van der Waals surface area contributed by atoms with E-state index in [0.717, 1.165) is 5.56 Å². The minimum atomic E-state index is -0.344. The molecule has 0 aliphatic rings. The molecule has 1 amide bonds. The number of carbonyl (C=O) groups is 2. The number of ether oxygens (including phenoxy) is 2. The average Bonchev–Trinajstić information content (AvgIpc) is 2.65. The molecule has 0 spiro atoms.